The highest BCUT2D eigenvalue weighted by atomic mass is 127. The molecule has 0 radical (unpaired) electrons. The van der Waals surface area contributed by atoms with E-state index in [1.165, 1.54) is 38.6 Å². The van der Waals surface area contributed by atoms with E-state index in [1.54, 1.807) is 0 Å². The summed E-state index contributed by atoms with van der Waals surface area (Å²) in [5.74, 6) is 0. The molecule has 130 valence electrons. The van der Waals surface area contributed by atoms with Crippen LogP contribution >= 0.6 is 22.6 Å². The van der Waals surface area contributed by atoms with Gasteiger partial charge >= 0.3 is 0 Å². The predicted octanol–water partition coefficient (Wildman–Crippen LogP) is 6.90. The number of aromatic nitrogens is 1. The van der Waals surface area contributed by atoms with Gasteiger partial charge in [-0.1, -0.05) is 71.1 Å². The molecule has 2 heterocycles. The van der Waals surface area contributed by atoms with Crippen LogP contribution in [0.2, 0.25) is 0 Å². The van der Waals surface area contributed by atoms with Crippen LogP contribution in [0.3, 0.4) is 0 Å². The van der Waals surface area contributed by atoms with Gasteiger partial charge in [-0.2, -0.15) is 0 Å². The molecule has 2 aromatic heterocycles. The van der Waals surface area contributed by atoms with Gasteiger partial charge in [0.05, 0.1) is 10.9 Å². The monoisotopic (exact) mass is 461 g/mol. The zero-order chi connectivity index (χ0) is 18.0. The number of allylic oxidation sites excluding steroid dienone is 1. The second kappa shape index (κ2) is 5.73. The maximum Gasteiger partial charge on any atom is 0.145 e. The minimum Gasteiger partial charge on any atom is -0.455 e. The molecule has 0 amide bonds. The number of halogens is 1. The van der Waals surface area contributed by atoms with Crippen LogP contribution in [0.25, 0.3) is 44.6 Å². The van der Waals surface area contributed by atoms with Gasteiger partial charge in [-0.3, -0.25) is 0 Å². The van der Waals surface area contributed by atoms with Crippen LogP contribution in [-0.2, 0) is 6.42 Å². The van der Waals surface area contributed by atoms with E-state index in [4.69, 9.17) is 4.42 Å². The molecule has 0 bridgehead atoms. The first-order valence-electron chi connectivity index (χ1n) is 9.16. The summed E-state index contributed by atoms with van der Waals surface area (Å²) in [6.45, 7) is 0. The van der Waals surface area contributed by atoms with Crippen molar-refractivity contribution in [1.29, 1.82) is 0 Å². The van der Waals surface area contributed by atoms with Crippen LogP contribution in [0.1, 0.15) is 11.3 Å². The standard InChI is InChI=1S/C24H16INO/c25-15-10-11-19-21(14-15)26(16-6-2-1-3-7-16)20-13-12-18-17-8-4-5-9-22(17)27-24(18)23(19)20/h1-13,15H,14H2. The molecular formula is C24H16INO. The van der Waals surface area contributed by atoms with Gasteiger partial charge in [0, 0.05) is 38.1 Å². The average molecular weight is 461 g/mol. The van der Waals surface area contributed by atoms with Crippen LogP contribution in [-0.4, -0.2) is 8.49 Å². The van der Waals surface area contributed by atoms with Crippen LogP contribution in [0, 0.1) is 0 Å². The number of furan rings is 1. The van der Waals surface area contributed by atoms with Crippen molar-refractivity contribution in [3.05, 3.63) is 84.1 Å². The fourth-order valence-electron chi connectivity index (χ4n) is 4.34. The Morgan fingerprint density at radius 3 is 2.59 bits per heavy atom. The third-order valence-corrected chi connectivity index (χ3v) is 6.35. The molecule has 0 saturated carbocycles. The zero-order valence-corrected chi connectivity index (χ0v) is 16.7. The smallest absolute Gasteiger partial charge is 0.145 e. The minimum absolute atomic E-state index is 0.507. The summed E-state index contributed by atoms with van der Waals surface area (Å²) in [7, 11) is 0. The van der Waals surface area contributed by atoms with Crippen molar-refractivity contribution in [2.24, 2.45) is 0 Å². The molecule has 1 unspecified atom stereocenters. The molecule has 5 aromatic rings. The fraction of sp³-hybridized carbons (Fsp3) is 0.0833. The Labute approximate surface area is 170 Å². The van der Waals surface area contributed by atoms with Gasteiger partial charge in [0.15, 0.2) is 0 Å². The lowest BCUT2D eigenvalue weighted by Crippen LogP contribution is -2.09. The molecule has 0 spiro atoms. The van der Waals surface area contributed by atoms with E-state index < -0.39 is 0 Å². The van der Waals surface area contributed by atoms with E-state index in [0.29, 0.717) is 3.92 Å². The molecule has 2 nitrogen and oxygen atoms in total. The van der Waals surface area contributed by atoms with E-state index in [0.717, 1.165) is 17.6 Å². The normalized spacial score (nSPS) is 16.4. The molecule has 1 aliphatic carbocycles. The van der Waals surface area contributed by atoms with Crippen molar-refractivity contribution in [3.8, 4) is 5.69 Å². The second-order valence-corrected chi connectivity index (χ2v) is 8.65. The molecule has 0 fully saturated rings. The third kappa shape index (κ3) is 2.18. The van der Waals surface area contributed by atoms with Crippen molar-refractivity contribution in [2.45, 2.75) is 10.3 Å². The van der Waals surface area contributed by atoms with Crippen LogP contribution in [0.5, 0.6) is 0 Å². The zero-order valence-electron chi connectivity index (χ0n) is 14.5. The van der Waals surface area contributed by atoms with E-state index in [2.05, 4.69) is 100.0 Å². The lowest BCUT2D eigenvalue weighted by atomic mass is 10.0. The Bertz CT molecular complexity index is 1360. The number of alkyl halides is 1. The first kappa shape index (κ1) is 15.5. The predicted molar refractivity (Wildman–Crippen MR) is 121 cm³/mol. The summed E-state index contributed by atoms with van der Waals surface area (Å²) in [6, 6.07) is 23.4. The first-order chi connectivity index (χ1) is 13.3. The maximum atomic E-state index is 6.36. The number of para-hydroxylation sites is 2. The number of nitrogens with zero attached hydrogens (tertiary/aromatic N) is 1. The second-order valence-electron chi connectivity index (χ2n) is 7.05. The molecule has 0 aliphatic heterocycles. The number of fused-ring (bicyclic) bond motifs is 7. The van der Waals surface area contributed by atoms with Gasteiger partial charge < -0.3 is 8.98 Å². The molecule has 1 atom stereocenters. The van der Waals surface area contributed by atoms with Gasteiger partial charge in [-0.25, -0.2) is 0 Å². The van der Waals surface area contributed by atoms with Crippen LogP contribution in [0.4, 0.5) is 0 Å². The molecule has 1 aliphatic rings. The number of hydrogen-bond acceptors (Lipinski definition) is 1. The highest BCUT2D eigenvalue weighted by Gasteiger charge is 2.24. The number of hydrogen-bond donors (Lipinski definition) is 0. The fourth-order valence-corrected chi connectivity index (χ4v) is 4.97. The highest BCUT2D eigenvalue weighted by molar-refractivity contribution is 14.1. The summed E-state index contributed by atoms with van der Waals surface area (Å²) in [4.78, 5) is 0. The van der Waals surface area contributed by atoms with Crippen LogP contribution < -0.4 is 0 Å². The summed E-state index contributed by atoms with van der Waals surface area (Å²) in [5.41, 5.74) is 7.03. The Hall–Kier alpha value is -2.53. The number of rotatable bonds is 1. The van der Waals surface area contributed by atoms with Gasteiger partial charge in [-0.15, -0.1) is 0 Å². The molecule has 3 heteroatoms. The van der Waals surface area contributed by atoms with Crippen molar-refractivity contribution >= 4 is 61.5 Å². The molecule has 0 N–H and O–H groups in total. The van der Waals surface area contributed by atoms with Crippen molar-refractivity contribution in [2.75, 3.05) is 0 Å². The maximum absolute atomic E-state index is 6.36. The topological polar surface area (TPSA) is 18.1 Å². The lowest BCUT2D eigenvalue weighted by molar-refractivity contribution is 0.672. The SMILES string of the molecule is IC1C=Cc2c(n(-c3ccccc3)c3ccc4c5ccccc5oc4c23)C1. The Balaban J connectivity index is 1.82. The quantitative estimate of drug-likeness (QED) is 0.196. The van der Waals surface area contributed by atoms with E-state index >= 15 is 0 Å². The molecule has 27 heavy (non-hydrogen) atoms. The van der Waals surface area contributed by atoms with Crippen molar-refractivity contribution in [1.82, 2.24) is 4.57 Å². The van der Waals surface area contributed by atoms with E-state index in [1.807, 2.05) is 6.07 Å². The third-order valence-electron chi connectivity index (χ3n) is 5.49. The van der Waals surface area contributed by atoms with Gasteiger partial charge in [0.25, 0.3) is 0 Å². The number of benzene rings is 3. The average Bonchev–Trinajstić information content (AvgIpc) is 3.23. The molecule has 6 rings (SSSR count). The summed E-state index contributed by atoms with van der Waals surface area (Å²) in [6.07, 6.45) is 5.61. The largest absolute Gasteiger partial charge is 0.455 e. The Kier molecular flexibility index (Phi) is 3.29. The Morgan fingerprint density at radius 1 is 0.889 bits per heavy atom. The first-order valence-corrected chi connectivity index (χ1v) is 10.4. The Morgan fingerprint density at radius 2 is 1.70 bits per heavy atom. The van der Waals surface area contributed by atoms with E-state index in [-0.39, 0.29) is 0 Å². The summed E-state index contributed by atoms with van der Waals surface area (Å²) < 4.78 is 9.28. The van der Waals surface area contributed by atoms with Gasteiger partial charge in [-0.05, 0) is 30.3 Å². The molecule has 0 saturated heterocycles. The van der Waals surface area contributed by atoms with Crippen molar-refractivity contribution in [3.63, 3.8) is 0 Å². The van der Waals surface area contributed by atoms with Crippen molar-refractivity contribution < 1.29 is 4.42 Å². The van der Waals surface area contributed by atoms with Gasteiger partial charge in [0.2, 0.25) is 0 Å². The minimum atomic E-state index is 0.507. The van der Waals surface area contributed by atoms with E-state index in [9.17, 15) is 0 Å². The lowest BCUT2D eigenvalue weighted by Gasteiger charge is -2.16. The van der Waals surface area contributed by atoms with Crippen LogP contribution in [0.15, 0.2) is 77.2 Å². The molecular weight excluding hydrogens is 445 g/mol. The van der Waals surface area contributed by atoms with Gasteiger partial charge in [0.1, 0.15) is 11.2 Å². The summed E-state index contributed by atoms with van der Waals surface area (Å²) >= 11 is 2.52. The summed E-state index contributed by atoms with van der Waals surface area (Å²) in [5, 5.41) is 3.60. The highest BCUT2D eigenvalue weighted by Crippen LogP contribution is 2.41. The molecule has 3 aromatic carbocycles.